The molecule has 7 heteroatoms. The van der Waals surface area contributed by atoms with Crippen LogP contribution in [-0.2, 0) is 6.54 Å². The van der Waals surface area contributed by atoms with Crippen LogP contribution in [0.3, 0.4) is 0 Å². The number of benzene rings is 2. The molecule has 2 aliphatic heterocycles. The Kier molecular flexibility index (Phi) is 6.04. The third-order valence-electron chi connectivity index (χ3n) is 5.77. The molecule has 0 atom stereocenters. The van der Waals surface area contributed by atoms with Gasteiger partial charge < -0.3 is 24.1 Å². The van der Waals surface area contributed by atoms with Gasteiger partial charge in [-0.3, -0.25) is 9.69 Å². The molecule has 0 amide bonds. The Morgan fingerprint density at radius 2 is 1.68 bits per heavy atom. The van der Waals surface area contributed by atoms with Gasteiger partial charge >= 0.3 is 0 Å². The quantitative estimate of drug-likeness (QED) is 0.701. The Morgan fingerprint density at radius 1 is 1.00 bits per heavy atom. The number of carbonyl (C=O) groups excluding carboxylic acids is 1. The average molecular weight is 425 g/mol. The third-order valence-corrected chi connectivity index (χ3v) is 5.77. The summed E-state index contributed by atoms with van der Waals surface area (Å²) in [5, 5.41) is 10.5. The zero-order valence-electron chi connectivity index (χ0n) is 18.1. The van der Waals surface area contributed by atoms with Crippen LogP contribution in [0.1, 0.15) is 40.7 Å². The monoisotopic (exact) mass is 425 g/mol. The van der Waals surface area contributed by atoms with Gasteiger partial charge in [-0.15, -0.1) is 0 Å². The van der Waals surface area contributed by atoms with E-state index in [1.165, 1.54) is 6.42 Å². The number of Topliss-reactive ketones (excluding diaryl/α,β-unsaturated/α-hetero) is 1. The molecule has 0 saturated carbocycles. The van der Waals surface area contributed by atoms with E-state index in [0.29, 0.717) is 46.2 Å². The predicted molar refractivity (Wildman–Crippen MR) is 116 cm³/mol. The first-order valence-electron chi connectivity index (χ1n) is 10.4. The maximum absolute atomic E-state index is 13.0. The minimum Gasteiger partial charge on any atom is -0.507 e. The van der Waals surface area contributed by atoms with Gasteiger partial charge in [0.2, 0.25) is 5.78 Å². The molecule has 164 valence electrons. The number of fused-ring (bicyclic) bond motifs is 1. The highest BCUT2D eigenvalue weighted by molar-refractivity contribution is 6.15. The summed E-state index contributed by atoms with van der Waals surface area (Å²) in [5.41, 5.74) is 1.73. The SMILES string of the molecule is COc1cc(OC)c(OC)cc1/C=C1/Oc2c(ccc(O)c2CN2CCCCC2)C1=O. The first kappa shape index (κ1) is 21.1. The molecular formula is C24H27NO6. The van der Waals surface area contributed by atoms with Crippen molar-refractivity contribution in [3.63, 3.8) is 0 Å². The summed E-state index contributed by atoms with van der Waals surface area (Å²) in [6, 6.07) is 6.61. The zero-order valence-corrected chi connectivity index (χ0v) is 18.1. The Balaban J connectivity index is 1.69. The number of allylic oxidation sites excluding steroid dienone is 1. The summed E-state index contributed by atoms with van der Waals surface area (Å²) in [6.45, 7) is 2.50. The van der Waals surface area contributed by atoms with Crippen LogP contribution in [0.4, 0.5) is 0 Å². The van der Waals surface area contributed by atoms with Gasteiger partial charge in [0.15, 0.2) is 17.3 Å². The normalized spacial score (nSPS) is 17.4. The Labute approximate surface area is 181 Å². The number of piperidine rings is 1. The van der Waals surface area contributed by atoms with Crippen LogP contribution < -0.4 is 18.9 Å². The first-order valence-corrected chi connectivity index (χ1v) is 10.4. The molecule has 0 unspecified atom stereocenters. The summed E-state index contributed by atoms with van der Waals surface area (Å²) in [7, 11) is 4.64. The van der Waals surface area contributed by atoms with E-state index in [-0.39, 0.29) is 17.3 Å². The van der Waals surface area contributed by atoms with Crippen molar-refractivity contribution in [3.8, 4) is 28.7 Å². The average Bonchev–Trinajstić information content (AvgIpc) is 3.11. The second-order valence-electron chi connectivity index (χ2n) is 7.67. The Morgan fingerprint density at radius 3 is 2.35 bits per heavy atom. The molecule has 1 fully saturated rings. The summed E-state index contributed by atoms with van der Waals surface area (Å²) in [5.74, 6) is 2.08. The van der Waals surface area contributed by atoms with Crippen molar-refractivity contribution in [2.75, 3.05) is 34.4 Å². The number of carbonyl (C=O) groups is 1. The molecule has 0 aliphatic carbocycles. The number of likely N-dealkylation sites (tertiary alicyclic amines) is 1. The fourth-order valence-corrected chi connectivity index (χ4v) is 4.10. The summed E-state index contributed by atoms with van der Waals surface area (Å²) in [4.78, 5) is 15.3. The fourth-order valence-electron chi connectivity index (χ4n) is 4.10. The summed E-state index contributed by atoms with van der Waals surface area (Å²) >= 11 is 0. The van der Waals surface area contributed by atoms with E-state index in [9.17, 15) is 9.90 Å². The molecule has 1 N–H and O–H groups in total. The van der Waals surface area contributed by atoms with Crippen LogP contribution in [0.2, 0.25) is 0 Å². The van der Waals surface area contributed by atoms with Crippen LogP contribution >= 0.6 is 0 Å². The number of aromatic hydroxyl groups is 1. The molecule has 4 rings (SSSR count). The number of nitrogens with zero attached hydrogens (tertiary/aromatic N) is 1. The van der Waals surface area contributed by atoms with Crippen molar-refractivity contribution in [1.82, 2.24) is 4.90 Å². The molecule has 2 aromatic carbocycles. The van der Waals surface area contributed by atoms with Gasteiger partial charge in [-0.05, 0) is 50.2 Å². The van der Waals surface area contributed by atoms with E-state index >= 15 is 0 Å². The molecule has 0 radical (unpaired) electrons. The summed E-state index contributed by atoms with van der Waals surface area (Å²) < 4.78 is 22.2. The number of methoxy groups -OCH3 is 3. The molecule has 7 nitrogen and oxygen atoms in total. The van der Waals surface area contributed by atoms with E-state index in [4.69, 9.17) is 18.9 Å². The molecular weight excluding hydrogens is 398 g/mol. The van der Waals surface area contributed by atoms with Gasteiger partial charge in [0.05, 0.1) is 32.5 Å². The number of ketones is 1. The fraction of sp³-hybridized carbons (Fsp3) is 0.375. The Hall–Kier alpha value is -3.19. The number of phenolic OH excluding ortho intramolecular Hbond substituents is 1. The summed E-state index contributed by atoms with van der Waals surface area (Å²) in [6.07, 6.45) is 5.13. The highest BCUT2D eigenvalue weighted by atomic mass is 16.5. The van der Waals surface area contributed by atoms with Gasteiger partial charge in [0.25, 0.3) is 0 Å². The van der Waals surface area contributed by atoms with Crippen molar-refractivity contribution in [3.05, 3.63) is 46.7 Å². The maximum atomic E-state index is 13.0. The van der Waals surface area contributed by atoms with Crippen molar-refractivity contribution in [1.29, 1.82) is 0 Å². The lowest BCUT2D eigenvalue weighted by Gasteiger charge is -2.27. The van der Waals surface area contributed by atoms with Crippen molar-refractivity contribution < 1.29 is 28.8 Å². The smallest absolute Gasteiger partial charge is 0.231 e. The lowest BCUT2D eigenvalue weighted by Crippen LogP contribution is -2.29. The standard InChI is InChI=1S/C24H27NO6/c1-28-19-13-21(30-3)20(29-2)11-15(19)12-22-23(27)16-7-8-18(26)17(24(16)31-22)14-25-9-5-4-6-10-25/h7-8,11-13,26H,4-6,9-10,14H2,1-3H3/b22-12+. The van der Waals surface area contributed by atoms with Crippen molar-refractivity contribution >= 4 is 11.9 Å². The lowest BCUT2D eigenvalue weighted by molar-refractivity contribution is 0.101. The van der Waals surface area contributed by atoms with Gasteiger partial charge in [-0.25, -0.2) is 0 Å². The highest BCUT2D eigenvalue weighted by Gasteiger charge is 2.32. The second-order valence-corrected chi connectivity index (χ2v) is 7.67. The molecule has 2 heterocycles. The van der Waals surface area contributed by atoms with E-state index in [2.05, 4.69) is 4.90 Å². The zero-order chi connectivity index (χ0) is 22.0. The molecule has 0 spiro atoms. The van der Waals surface area contributed by atoms with E-state index in [1.54, 1.807) is 51.7 Å². The van der Waals surface area contributed by atoms with Crippen LogP contribution in [0.5, 0.6) is 28.7 Å². The van der Waals surface area contributed by atoms with Crippen molar-refractivity contribution in [2.24, 2.45) is 0 Å². The molecule has 1 saturated heterocycles. The molecule has 0 bridgehead atoms. The van der Waals surface area contributed by atoms with Gasteiger partial charge in [-0.1, -0.05) is 6.42 Å². The predicted octanol–water partition coefficient (Wildman–Crippen LogP) is 4.02. The third kappa shape index (κ3) is 4.05. The van der Waals surface area contributed by atoms with Crippen molar-refractivity contribution in [2.45, 2.75) is 25.8 Å². The number of hydrogen-bond acceptors (Lipinski definition) is 7. The second kappa shape index (κ2) is 8.89. The highest BCUT2D eigenvalue weighted by Crippen LogP contribution is 2.42. The first-order chi connectivity index (χ1) is 15.0. The maximum Gasteiger partial charge on any atom is 0.231 e. The van der Waals surface area contributed by atoms with Crippen LogP contribution in [-0.4, -0.2) is 50.2 Å². The van der Waals surface area contributed by atoms with Gasteiger partial charge in [0, 0.05) is 18.2 Å². The lowest BCUT2D eigenvalue weighted by atomic mass is 10.0. The number of hydrogen-bond donors (Lipinski definition) is 1. The molecule has 31 heavy (non-hydrogen) atoms. The molecule has 2 aromatic rings. The molecule has 2 aliphatic rings. The van der Waals surface area contributed by atoms with E-state index < -0.39 is 0 Å². The van der Waals surface area contributed by atoms with Crippen LogP contribution in [0.15, 0.2) is 30.0 Å². The number of ether oxygens (including phenoxy) is 4. The van der Waals surface area contributed by atoms with Crippen LogP contribution in [0, 0.1) is 0 Å². The van der Waals surface area contributed by atoms with Crippen LogP contribution in [0.25, 0.3) is 6.08 Å². The number of phenols is 1. The van der Waals surface area contributed by atoms with Gasteiger partial charge in [-0.2, -0.15) is 0 Å². The molecule has 0 aromatic heterocycles. The topological polar surface area (TPSA) is 77.5 Å². The van der Waals surface area contributed by atoms with E-state index in [0.717, 1.165) is 25.9 Å². The minimum absolute atomic E-state index is 0.141. The number of rotatable bonds is 6. The van der Waals surface area contributed by atoms with E-state index in [1.807, 2.05) is 0 Å². The Bertz CT molecular complexity index is 1020. The van der Waals surface area contributed by atoms with Gasteiger partial charge in [0.1, 0.15) is 17.2 Å². The minimum atomic E-state index is -0.230. The largest absolute Gasteiger partial charge is 0.507 e.